The number of halogens is 1. The van der Waals surface area contributed by atoms with Crippen LogP contribution in [-0.4, -0.2) is 84.4 Å². The molecule has 0 bridgehead atoms. The third-order valence-corrected chi connectivity index (χ3v) is 7.21. The smallest absolute Gasteiger partial charge is 0.318 e. The molecule has 1 N–H and O–H groups in total. The third-order valence-electron chi connectivity index (χ3n) is 6.04. The van der Waals surface area contributed by atoms with Crippen LogP contribution in [0.1, 0.15) is 36.8 Å². The molecular weight excluding hydrogens is 486 g/mol. The SMILES string of the molecule is CC(C)NC(=O)N(CCN1CCOCC1)CC(=O)N1N=C(c2cccs2)C[C@H]1c1ccc(Cl)cc1. The van der Waals surface area contributed by atoms with Gasteiger partial charge in [-0.05, 0) is 43.0 Å². The van der Waals surface area contributed by atoms with Gasteiger partial charge in [-0.15, -0.1) is 11.3 Å². The van der Waals surface area contributed by atoms with E-state index in [4.69, 9.17) is 21.4 Å². The first-order valence-electron chi connectivity index (χ1n) is 11.9. The van der Waals surface area contributed by atoms with E-state index in [9.17, 15) is 9.59 Å². The molecule has 4 rings (SSSR count). The number of hydrogen-bond acceptors (Lipinski definition) is 6. The number of thiophene rings is 1. The second kappa shape index (κ2) is 12.0. The Hall–Kier alpha value is -2.46. The molecule has 0 radical (unpaired) electrons. The van der Waals surface area contributed by atoms with Crippen molar-refractivity contribution in [3.05, 3.63) is 57.2 Å². The fourth-order valence-corrected chi connectivity index (χ4v) is 5.04. The van der Waals surface area contributed by atoms with Crippen LogP contribution in [0.2, 0.25) is 5.02 Å². The van der Waals surface area contributed by atoms with Crippen molar-refractivity contribution in [2.24, 2.45) is 5.10 Å². The number of amides is 3. The van der Waals surface area contributed by atoms with E-state index in [2.05, 4.69) is 10.2 Å². The van der Waals surface area contributed by atoms with Gasteiger partial charge in [0.25, 0.3) is 5.91 Å². The average molecular weight is 518 g/mol. The first-order chi connectivity index (χ1) is 16.9. The maximum Gasteiger partial charge on any atom is 0.318 e. The standard InChI is InChI=1S/C25H32ClN5O3S/c1-18(2)27-25(33)30(10-9-29-11-13-34-14-12-29)17-24(32)31-22(19-5-7-20(26)8-6-19)16-21(28-31)23-4-3-15-35-23/h3-8,15,18,22H,9-14,16-17H2,1-2H3,(H,27,33)/t22-/m0/s1. The Bertz CT molecular complexity index is 1020. The van der Waals surface area contributed by atoms with E-state index in [1.54, 1.807) is 21.2 Å². The van der Waals surface area contributed by atoms with Crippen LogP contribution in [0, 0.1) is 0 Å². The highest BCUT2D eigenvalue weighted by Crippen LogP contribution is 2.34. The molecule has 0 saturated carbocycles. The molecule has 0 aliphatic carbocycles. The molecule has 3 amide bonds. The molecule has 1 aromatic carbocycles. The van der Waals surface area contributed by atoms with Crippen molar-refractivity contribution in [2.75, 3.05) is 45.9 Å². The quantitative estimate of drug-likeness (QED) is 0.577. The van der Waals surface area contributed by atoms with E-state index in [0.29, 0.717) is 37.7 Å². The molecule has 0 spiro atoms. The Balaban J connectivity index is 1.52. The molecule has 1 fully saturated rings. The number of ether oxygens (including phenoxy) is 1. The van der Waals surface area contributed by atoms with Crippen molar-refractivity contribution in [3.8, 4) is 0 Å². The zero-order valence-corrected chi connectivity index (χ0v) is 21.7. The van der Waals surface area contributed by atoms with Crippen LogP contribution >= 0.6 is 22.9 Å². The number of hydrazone groups is 1. The number of nitrogens with zero attached hydrogens (tertiary/aromatic N) is 4. The zero-order chi connectivity index (χ0) is 24.8. The molecule has 1 atom stereocenters. The summed E-state index contributed by atoms with van der Waals surface area (Å²) in [5.74, 6) is -0.211. The normalized spacial score (nSPS) is 18.6. The minimum Gasteiger partial charge on any atom is -0.379 e. The monoisotopic (exact) mass is 517 g/mol. The van der Waals surface area contributed by atoms with Crippen LogP contribution < -0.4 is 5.32 Å². The van der Waals surface area contributed by atoms with Crippen molar-refractivity contribution in [3.63, 3.8) is 0 Å². The number of morpholine rings is 1. The van der Waals surface area contributed by atoms with Crippen LogP contribution in [0.25, 0.3) is 0 Å². The second-order valence-electron chi connectivity index (χ2n) is 9.01. The van der Waals surface area contributed by atoms with Crippen molar-refractivity contribution >= 4 is 40.6 Å². The molecule has 2 aromatic rings. The van der Waals surface area contributed by atoms with E-state index >= 15 is 0 Å². The number of benzene rings is 1. The van der Waals surface area contributed by atoms with Crippen molar-refractivity contribution in [1.29, 1.82) is 0 Å². The molecule has 1 saturated heterocycles. The average Bonchev–Trinajstić information content (AvgIpc) is 3.52. The fourth-order valence-electron chi connectivity index (χ4n) is 4.19. The second-order valence-corrected chi connectivity index (χ2v) is 10.4. The Morgan fingerprint density at radius 3 is 2.63 bits per heavy atom. The Morgan fingerprint density at radius 2 is 1.97 bits per heavy atom. The minimum atomic E-state index is -0.244. The molecule has 3 heterocycles. The summed E-state index contributed by atoms with van der Waals surface area (Å²) in [6.07, 6.45) is 0.611. The van der Waals surface area contributed by atoms with Gasteiger partial charge in [0.05, 0.1) is 29.8 Å². The predicted octanol–water partition coefficient (Wildman–Crippen LogP) is 3.83. The van der Waals surface area contributed by atoms with Gasteiger partial charge in [0.1, 0.15) is 6.54 Å². The van der Waals surface area contributed by atoms with Crippen LogP contribution in [0.3, 0.4) is 0 Å². The van der Waals surface area contributed by atoms with E-state index < -0.39 is 0 Å². The van der Waals surface area contributed by atoms with Crippen molar-refractivity contribution < 1.29 is 14.3 Å². The lowest BCUT2D eigenvalue weighted by atomic mass is 10.0. The highest BCUT2D eigenvalue weighted by Gasteiger charge is 2.34. The van der Waals surface area contributed by atoms with E-state index in [-0.39, 0.29) is 30.6 Å². The first-order valence-corrected chi connectivity index (χ1v) is 13.2. The van der Waals surface area contributed by atoms with Gasteiger partial charge in [-0.3, -0.25) is 9.69 Å². The lowest BCUT2D eigenvalue weighted by molar-refractivity contribution is -0.133. The summed E-state index contributed by atoms with van der Waals surface area (Å²) in [5.41, 5.74) is 1.84. The highest BCUT2D eigenvalue weighted by molar-refractivity contribution is 7.12. The van der Waals surface area contributed by atoms with Crippen molar-refractivity contribution in [2.45, 2.75) is 32.4 Å². The third kappa shape index (κ3) is 6.82. The Labute approximate surface area is 215 Å². The number of nitrogens with one attached hydrogen (secondary N) is 1. The summed E-state index contributed by atoms with van der Waals surface area (Å²) < 4.78 is 5.42. The number of rotatable bonds is 8. The fraction of sp³-hybridized carbons (Fsp3) is 0.480. The van der Waals surface area contributed by atoms with Gasteiger partial charge in [-0.1, -0.05) is 29.8 Å². The van der Waals surface area contributed by atoms with E-state index in [1.165, 1.54) is 0 Å². The summed E-state index contributed by atoms with van der Waals surface area (Å²) >= 11 is 7.70. The van der Waals surface area contributed by atoms with Gasteiger partial charge in [-0.25, -0.2) is 9.80 Å². The summed E-state index contributed by atoms with van der Waals surface area (Å²) in [4.78, 5) is 31.5. The highest BCUT2D eigenvalue weighted by atomic mass is 35.5. The molecule has 2 aliphatic heterocycles. The van der Waals surface area contributed by atoms with Crippen LogP contribution in [0.4, 0.5) is 4.79 Å². The molecule has 1 aromatic heterocycles. The minimum absolute atomic E-state index is 0.0273. The molecular formula is C25H32ClN5O3S. The van der Waals surface area contributed by atoms with Gasteiger partial charge < -0.3 is 15.0 Å². The summed E-state index contributed by atoms with van der Waals surface area (Å²) in [6, 6.07) is 11.0. The van der Waals surface area contributed by atoms with Gasteiger partial charge in [0, 0.05) is 43.7 Å². The van der Waals surface area contributed by atoms with Crippen LogP contribution in [0.15, 0.2) is 46.9 Å². The number of hydrogen-bond donors (Lipinski definition) is 1. The van der Waals surface area contributed by atoms with Gasteiger partial charge in [0.15, 0.2) is 0 Å². The molecule has 2 aliphatic rings. The van der Waals surface area contributed by atoms with Gasteiger partial charge in [-0.2, -0.15) is 5.10 Å². The van der Waals surface area contributed by atoms with E-state index in [0.717, 1.165) is 29.2 Å². The molecule has 0 unspecified atom stereocenters. The molecule has 8 nitrogen and oxygen atoms in total. The van der Waals surface area contributed by atoms with Crippen LogP contribution in [0.5, 0.6) is 0 Å². The summed E-state index contributed by atoms with van der Waals surface area (Å²) in [7, 11) is 0. The largest absolute Gasteiger partial charge is 0.379 e. The zero-order valence-electron chi connectivity index (χ0n) is 20.2. The Morgan fingerprint density at radius 1 is 1.23 bits per heavy atom. The van der Waals surface area contributed by atoms with Gasteiger partial charge in [0.2, 0.25) is 0 Å². The molecule has 10 heteroatoms. The maximum atomic E-state index is 13.6. The molecule has 35 heavy (non-hydrogen) atoms. The summed E-state index contributed by atoms with van der Waals surface area (Å²) in [5, 5.41) is 11.8. The predicted molar refractivity (Wildman–Crippen MR) is 139 cm³/mol. The Kier molecular flexibility index (Phi) is 8.78. The van der Waals surface area contributed by atoms with Crippen LogP contribution in [-0.2, 0) is 9.53 Å². The van der Waals surface area contributed by atoms with Gasteiger partial charge >= 0.3 is 6.03 Å². The van der Waals surface area contributed by atoms with E-state index in [1.807, 2.05) is 55.6 Å². The molecule has 188 valence electrons. The lowest BCUT2D eigenvalue weighted by Crippen LogP contribution is -2.50. The number of carbonyl (C=O) groups is 2. The first kappa shape index (κ1) is 25.6. The lowest BCUT2D eigenvalue weighted by Gasteiger charge is -2.31. The maximum absolute atomic E-state index is 13.6. The number of urea groups is 1. The topological polar surface area (TPSA) is 77.5 Å². The summed E-state index contributed by atoms with van der Waals surface area (Å²) in [6.45, 7) is 7.94. The number of carbonyl (C=O) groups excluding carboxylic acids is 2. The van der Waals surface area contributed by atoms with Crippen molar-refractivity contribution in [1.82, 2.24) is 20.1 Å².